The maximum absolute atomic E-state index is 12.1. The van der Waals surface area contributed by atoms with Crippen LogP contribution in [0, 0.1) is 0 Å². The van der Waals surface area contributed by atoms with Crippen LogP contribution in [0.2, 0.25) is 0 Å². The smallest absolute Gasteiger partial charge is 0.342 e. The minimum Gasteiger partial charge on any atom is -0.504 e. The zero-order valence-electron chi connectivity index (χ0n) is 12.3. The summed E-state index contributed by atoms with van der Waals surface area (Å²) in [5.41, 5.74) is 3.41. The molecule has 1 N–H and O–H groups in total. The number of phenolic OH excluding ortho intramolecular Hbond substituents is 1. The predicted molar refractivity (Wildman–Crippen MR) is 83.4 cm³/mol. The van der Waals surface area contributed by atoms with Crippen LogP contribution in [0.15, 0.2) is 28.7 Å². The fourth-order valence-corrected chi connectivity index (χ4v) is 3.55. The molecule has 0 saturated carbocycles. The molecule has 4 nitrogen and oxygen atoms in total. The Balaban J connectivity index is 2.21. The highest BCUT2D eigenvalue weighted by molar-refractivity contribution is 6.12. The molecule has 0 bridgehead atoms. The number of fused-ring (bicyclic) bond motifs is 5. The van der Waals surface area contributed by atoms with Gasteiger partial charge in [-0.15, -0.1) is 0 Å². The fraction of sp³-hybridized carbons (Fsp3) is 0.278. The molecule has 0 saturated heterocycles. The Morgan fingerprint density at radius 2 is 1.91 bits per heavy atom. The fourth-order valence-electron chi connectivity index (χ4n) is 3.55. The maximum Gasteiger partial charge on any atom is 0.342 e. The number of benzene rings is 2. The molecule has 1 aromatic heterocycles. The van der Waals surface area contributed by atoms with E-state index in [1.807, 2.05) is 24.3 Å². The van der Waals surface area contributed by atoms with Crippen molar-refractivity contribution in [1.82, 2.24) is 0 Å². The molecule has 112 valence electrons. The lowest BCUT2D eigenvalue weighted by Crippen LogP contribution is -2.12. The standard InChI is InChI=1S/C18H16O4/c1-21-18(20)15-11-7-3-2-6-10(11)14-12-8-4-5-9-13(12)22-17(14)16(15)19/h4-5,8-9,19H,2-3,6-7H2,1H3. The molecular weight excluding hydrogens is 280 g/mol. The van der Waals surface area contributed by atoms with Crippen LogP contribution in [-0.2, 0) is 17.6 Å². The quantitative estimate of drug-likeness (QED) is 0.691. The average molecular weight is 296 g/mol. The second-order valence-electron chi connectivity index (χ2n) is 5.68. The Morgan fingerprint density at radius 3 is 2.68 bits per heavy atom. The maximum atomic E-state index is 12.1. The van der Waals surface area contributed by atoms with E-state index in [1.165, 1.54) is 7.11 Å². The van der Waals surface area contributed by atoms with Gasteiger partial charge >= 0.3 is 5.97 Å². The van der Waals surface area contributed by atoms with E-state index in [0.29, 0.717) is 5.58 Å². The molecule has 0 atom stereocenters. The Morgan fingerprint density at radius 1 is 1.18 bits per heavy atom. The Bertz CT molecular complexity index is 904. The monoisotopic (exact) mass is 296 g/mol. The average Bonchev–Trinajstić information content (AvgIpc) is 2.95. The van der Waals surface area contributed by atoms with Crippen LogP contribution in [0.25, 0.3) is 21.9 Å². The van der Waals surface area contributed by atoms with E-state index in [2.05, 4.69) is 0 Å². The summed E-state index contributed by atoms with van der Waals surface area (Å²) in [4.78, 5) is 12.1. The first kappa shape index (κ1) is 13.2. The number of rotatable bonds is 1. The van der Waals surface area contributed by atoms with Crippen LogP contribution in [0.3, 0.4) is 0 Å². The minimum atomic E-state index is -0.502. The van der Waals surface area contributed by atoms with Gasteiger partial charge in [-0.1, -0.05) is 18.2 Å². The van der Waals surface area contributed by atoms with Crippen molar-refractivity contribution < 1.29 is 19.1 Å². The first-order valence-corrected chi connectivity index (χ1v) is 7.48. The summed E-state index contributed by atoms with van der Waals surface area (Å²) in [6.45, 7) is 0. The van der Waals surface area contributed by atoms with Crippen molar-refractivity contribution in [2.75, 3.05) is 7.11 Å². The van der Waals surface area contributed by atoms with Crippen LogP contribution >= 0.6 is 0 Å². The van der Waals surface area contributed by atoms with Crippen molar-refractivity contribution in [2.24, 2.45) is 0 Å². The van der Waals surface area contributed by atoms with Crippen molar-refractivity contribution in [3.8, 4) is 5.75 Å². The van der Waals surface area contributed by atoms with E-state index < -0.39 is 5.97 Å². The van der Waals surface area contributed by atoms with Crippen molar-refractivity contribution in [3.63, 3.8) is 0 Å². The number of furan rings is 1. The molecule has 0 spiro atoms. The number of hydrogen-bond acceptors (Lipinski definition) is 4. The largest absolute Gasteiger partial charge is 0.504 e. The van der Waals surface area contributed by atoms with Crippen molar-refractivity contribution in [2.45, 2.75) is 25.7 Å². The highest BCUT2D eigenvalue weighted by Gasteiger charge is 2.29. The first-order valence-electron chi connectivity index (χ1n) is 7.48. The molecule has 3 aromatic rings. The lowest BCUT2D eigenvalue weighted by Gasteiger charge is -2.20. The molecule has 0 aliphatic heterocycles. The summed E-state index contributed by atoms with van der Waals surface area (Å²) in [5.74, 6) is -0.600. The van der Waals surface area contributed by atoms with E-state index in [4.69, 9.17) is 9.15 Å². The number of phenols is 1. The number of carbonyl (C=O) groups is 1. The molecule has 2 aromatic carbocycles. The molecule has 1 aliphatic carbocycles. The number of ether oxygens (including phenoxy) is 1. The summed E-state index contributed by atoms with van der Waals surface area (Å²) in [6.07, 6.45) is 3.76. The number of methoxy groups -OCH3 is 1. The first-order chi connectivity index (χ1) is 10.7. The zero-order chi connectivity index (χ0) is 15.3. The van der Waals surface area contributed by atoms with Crippen LogP contribution in [0.1, 0.15) is 34.3 Å². The molecule has 1 aliphatic rings. The summed E-state index contributed by atoms with van der Waals surface area (Å²) >= 11 is 0. The van der Waals surface area contributed by atoms with E-state index in [9.17, 15) is 9.90 Å². The zero-order valence-corrected chi connectivity index (χ0v) is 12.3. The topological polar surface area (TPSA) is 59.7 Å². The predicted octanol–water partition coefficient (Wildman–Crippen LogP) is 3.96. The van der Waals surface area contributed by atoms with Gasteiger partial charge in [0.15, 0.2) is 11.3 Å². The Labute approximate surface area is 127 Å². The van der Waals surface area contributed by atoms with Crippen molar-refractivity contribution in [1.29, 1.82) is 0 Å². The van der Waals surface area contributed by atoms with Crippen LogP contribution in [0.5, 0.6) is 5.75 Å². The second kappa shape index (κ2) is 4.77. The normalized spacial score (nSPS) is 14.2. The highest BCUT2D eigenvalue weighted by Crippen LogP contribution is 2.43. The summed E-state index contributed by atoms with van der Waals surface area (Å²) < 4.78 is 10.7. The summed E-state index contributed by atoms with van der Waals surface area (Å²) in [5, 5.41) is 12.5. The molecule has 0 fully saturated rings. The van der Waals surface area contributed by atoms with Gasteiger partial charge in [0, 0.05) is 10.8 Å². The molecular formula is C18H16O4. The third kappa shape index (κ3) is 1.67. The van der Waals surface area contributed by atoms with Gasteiger partial charge in [0.1, 0.15) is 11.1 Å². The number of esters is 1. The number of para-hydroxylation sites is 1. The van der Waals surface area contributed by atoms with Gasteiger partial charge in [-0.05, 0) is 42.9 Å². The van der Waals surface area contributed by atoms with Crippen molar-refractivity contribution >= 4 is 27.9 Å². The molecule has 0 radical (unpaired) electrons. The summed E-state index contributed by atoms with van der Waals surface area (Å²) in [7, 11) is 1.33. The van der Waals surface area contributed by atoms with Gasteiger partial charge in [0.25, 0.3) is 0 Å². The van der Waals surface area contributed by atoms with Gasteiger partial charge in [-0.2, -0.15) is 0 Å². The lowest BCUT2D eigenvalue weighted by molar-refractivity contribution is 0.0596. The highest BCUT2D eigenvalue weighted by atomic mass is 16.5. The molecule has 22 heavy (non-hydrogen) atoms. The number of aryl methyl sites for hydroxylation is 1. The number of aromatic hydroxyl groups is 1. The molecule has 1 heterocycles. The molecule has 4 heteroatoms. The Hall–Kier alpha value is -2.49. The molecule has 4 rings (SSSR count). The molecule has 0 unspecified atom stereocenters. The third-order valence-corrected chi connectivity index (χ3v) is 4.51. The molecule has 0 amide bonds. The van der Waals surface area contributed by atoms with Crippen LogP contribution < -0.4 is 0 Å². The Kier molecular flexibility index (Phi) is 2.86. The van der Waals surface area contributed by atoms with E-state index >= 15 is 0 Å². The van der Waals surface area contributed by atoms with Gasteiger partial charge in [-0.3, -0.25) is 0 Å². The van der Waals surface area contributed by atoms with Gasteiger partial charge in [0.05, 0.1) is 7.11 Å². The van der Waals surface area contributed by atoms with Gasteiger partial charge in [-0.25, -0.2) is 4.79 Å². The van der Waals surface area contributed by atoms with Crippen LogP contribution in [-0.4, -0.2) is 18.2 Å². The minimum absolute atomic E-state index is 0.0984. The number of carbonyl (C=O) groups excluding carboxylic acids is 1. The van der Waals surface area contributed by atoms with E-state index in [1.54, 1.807) is 0 Å². The second-order valence-corrected chi connectivity index (χ2v) is 5.68. The van der Waals surface area contributed by atoms with E-state index in [-0.39, 0.29) is 11.3 Å². The lowest BCUT2D eigenvalue weighted by atomic mass is 9.84. The summed E-state index contributed by atoms with van der Waals surface area (Å²) in [6, 6.07) is 7.72. The number of hydrogen-bond donors (Lipinski definition) is 1. The van der Waals surface area contributed by atoms with Gasteiger partial charge in [0.2, 0.25) is 0 Å². The van der Waals surface area contributed by atoms with E-state index in [0.717, 1.165) is 53.2 Å². The van der Waals surface area contributed by atoms with Crippen molar-refractivity contribution in [3.05, 3.63) is 41.0 Å². The SMILES string of the molecule is COC(=O)c1c2c(c3c(oc4ccccc43)c1O)CCCC2. The van der Waals surface area contributed by atoms with Crippen LogP contribution in [0.4, 0.5) is 0 Å². The third-order valence-electron chi connectivity index (χ3n) is 4.51. The van der Waals surface area contributed by atoms with Gasteiger partial charge < -0.3 is 14.3 Å².